The Morgan fingerprint density at radius 2 is 1.00 bits per heavy atom. The number of nitrogens with zero attached hydrogens (tertiary/aromatic N) is 1. The Kier molecular flexibility index (Phi) is 10.9. The van der Waals surface area contributed by atoms with Crippen molar-refractivity contribution in [1.29, 1.82) is 0 Å². The summed E-state index contributed by atoms with van der Waals surface area (Å²) < 4.78 is 7.98. The van der Waals surface area contributed by atoms with Crippen molar-refractivity contribution in [1.82, 2.24) is 4.98 Å². The van der Waals surface area contributed by atoms with Crippen LogP contribution in [0.3, 0.4) is 0 Å². The second-order valence-electron chi connectivity index (χ2n) is 13.8. The molecule has 0 aliphatic rings. The van der Waals surface area contributed by atoms with Crippen LogP contribution in [-0.2, 0) is 4.43 Å². The van der Waals surface area contributed by atoms with Crippen LogP contribution in [0.15, 0.2) is 182 Å². The van der Waals surface area contributed by atoms with Crippen LogP contribution in [0.4, 0.5) is 0 Å². The van der Waals surface area contributed by atoms with Gasteiger partial charge in [0.25, 0.3) is 8.32 Å². The molecule has 1 atom stereocenters. The van der Waals surface area contributed by atoms with E-state index in [4.69, 9.17) is 4.43 Å². The van der Waals surface area contributed by atoms with Crippen LogP contribution in [0.25, 0.3) is 6.08 Å². The molecule has 0 fully saturated rings. The Hall–Kier alpha value is -4.40. The fourth-order valence-electron chi connectivity index (χ4n) is 7.29. The molecule has 0 unspecified atom stereocenters. The van der Waals surface area contributed by atoms with Gasteiger partial charge in [0.1, 0.15) is 23.2 Å². The van der Waals surface area contributed by atoms with E-state index in [-0.39, 0.29) is 11.1 Å². The molecule has 6 aromatic rings. The maximum atomic E-state index is 7.98. The lowest BCUT2D eigenvalue weighted by Gasteiger charge is -2.45. The smallest absolute Gasteiger partial charge is 0.261 e. The average molecular weight is 677 g/mol. The molecule has 0 spiro atoms. The van der Waals surface area contributed by atoms with Crippen molar-refractivity contribution >= 4 is 47.9 Å². The standard InChI is InChI=1S/C45H47NOPSi/c1-37(36-38-30-33-46-34-31-38)44(47-49(45(2,3)4,42-26-16-8-17-27-42)43-28-18-9-19-29-43)32-35-48(39-20-10-5-11-21-39,40-22-12-6-13-23-40)41-24-14-7-15-25-41/h5-31,33-34,36,44H,32,35H2,1-4H3/q+1/t44-/m0/s1. The van der Waals surface area contributed by atoms with Crippen molar-refractivity contribution in [3.05, 3.63) is 187 Å². The van der Waals surface area contributed by atoms with Gasteiger partial charge in [0.15, 0.2) is 0 Å². The Balaban J connectivity index is 1.55. The number of hydrogen-bond acceptors (Lipinski definition) is 2. The van der Waals surface area contributed by atoms with Crippen LogP contribution in [0, 0.1) is 0 Å². The first kappa shape index (κ1) is 34.5. The van der Waals surface area contributed by atoms with Crippen LogP contribution < -0.4 is 26.3 Å². The van der Waals surface area contributed by atoms with Crippen LogP contribution in [0.2, 0.25) is 5.04 Å². The third kappa shape index (κ3) is 7.31. The normalized spacial score (nSPS) is 13.2. The topological polar surface area (TPSA) is 22.1 Å². The third-order valence-corrected chi connectivity index (χ3v) is 19.2. The molecule has 0 aliphatic heterocycles. The molecule has 0 saturated carbocycles. The molecule has 6 rings (SSSR count). The Morgan fingerprint density at radius 1 is 0.612 bits per heavy atom. The molecule has 0 N–H and O–H groups in total. The van der Waals surface area contributed by atoms with Crippen molar-refractivity contribution in [3.63, 3.8) is 0 Å². The number of benzene rings is 5. The molecule has 2 nitrogen and oxygen atoms in total. The minimum Gasteiger partial charge on any atom is -0.401 e. The van der Waals surface area contributed by atoms with Gasteiger partial charge in [-0.05, 0) is 82.0 Å². The van der Waals surface area contributed by atoms with Gasteiger partial charge >= 0.3 is 0 Å². The quantitative estimate of drug-likeness (QED) is 0.0955. The molecule has 1 heterocycles. The molecule has 0 saturated heterocycles. The van der Waals surface area contributed by atoms with Gasteiger partial charge in [0.05, 0.1) is 12.3 Å². The molecule has 0 amide bonds. The van der Waals surface area contributed by atoms with Crippen molar-refractivity contribution in [3.8, 4) is 0 Å². The van der Waals surface area contributed by atoms with Gasteiger partial charge in [-0.25, -0.2) is 0 Å². The summed E-state index contributed by atoms with van der Waals surface area (Å²) in [7, 11) is -4.95. The molecule has 246 valence electrons. The zero-order valence-corrected chi connectivity index (χ0v) is 31.0. The number of aromatic nitrogens is 1. The van der Waals surface area contributed by atoms with Crippen LogP contribution in [0.1, 0.15) is 39.7 Å². The summed E-state index contributed by atoms with van der Waals surface area (Å²) in [6.07, 6.45) is 7.74. The van der Waals surface area contributed by atoms with E-state index in [9.17, 15) is 0 Å². The predicted molar refractivity (Wildman–Crippen MR) is 215 cm³/mol. The first-order valence-corrected chi connectivity index (χ1v) is 21.1. The number of rotatable bonds is 12. The molecule has 0 radical (unpaired) electrons. The highest BCUT2D eigenvalue weighted by Crippen LogP contribution is 2.56. The highest BCUT2D eigenvalue weighted by atomic mass is 31.2. The molecule has 5 aromatic carbocycles. The molecule has 4 heteroatoms. The van der Waals surface area contributed by atoms with E-state index in [1.807, 2.05) is 12.4 Å². The lowest BCUT2D eigenvalue weighted by Crippen LogP contribution is -2.67. The van der Waals surface area contributed by atoms with Gasteiger partial charge in [0, 0.05) is 18.8 Å². The van der Waals surface area contributed by atoms with Crippen molar-refractivity contribution in [2.45, 2.75) is 45.3 Å². The van der Waals surface area contributed by atoms with Crippen molar-refractivity contribution in [2.24, 2.45) is 0 Å². The maximum Gasteiger partial charge on any atom is 0.261 e. The van der Waals surface area contributed by atoms with Gasteiger partial charge in [-0.2, -0.15) is 0 Å². The van der Waals surface area contributed by atoms with Gasteiger partial charge in [-0.1, -0.05) is 142 Å². The van der Waals surface area contributed by atoms with E-state index in [1.54, 1.807) is 0 Å². The van der Waals surface area contributed by atoms with E-state index < -0.39 is 15.6 Å². The van der Waals surface area contributed by atoms with E-state index >= 15 is 0 Å². The summed E-state index contributed by atoms with van der Waals surface area (Å²) >= 11 is 0. The third-order valence-electron chi connectivity index (χ3n) is 9.66. The molecule has 0 aliphatic carbocycles. The van der Waals surface area contributed by atoms with E-state index in [0.717, 1.165) is 18.1 Å². The highest BCUT2D eigenvalue weighted by molar-refractivity contribution is 7.95. The SMILES string of the molecule is CC(=Cc1ccncc1)[C@H](CC[P+](c1ccccc1)(c1ccccc1)c1ccccc1)O[Si](c1ccccc1)(c1ccccc1)C(C)(C)C. The summed E-state index contributed by atoms with van der Waals surface area (Å²) in [5, 5.41) is 6.64. The van der Waals surface area contributed by atoms with Gasteiger partial charge in [0.2, 0.25) is 0 Å². The summed E-state index contributed by atoms with van der Waals surface area (Å²) in [4.78, 5) is 4.29. The molecule has 49 heavy (non-hydrogen) atoms. The predicted octanol–water partition coefficient (Wildman–Crippen LogP) is 8.81. The lowest BCUT2D eigenvalue weighted by atomic mass is 10.1. The number of pyridine rings is 1. The van der Waals surface area contributed by atoms with Gasteiger partial charge < -0.3 is 4.43 Å². The van der Waals surface area contributed by atoms with Crippen molar-refractivity contribution < 1.29 is 4.43 Å². The van der Waals surface area contributed by atoms with E-state index in [0.29, 0.717) is 0 Å². The fraction of sp³-hybridized carbons (Fsp3) is 0.178. The zero-order chi connectivity index (χ0) is 34.2. The molecular formula is C45H47NOPSi+. The monoisotopic (exact) mass is 676 g/mol. The minimum atomic E-state index is -2.87. The first-order chi connectivity index (χ1) is 23.8. The average Bonchev–Trinajstić information content (AvgIpc) is 3.15. The Morgan fingerprint density at radius 3 is 1.39 bits per heavy atom. The van der Waals surface area contributed by atoms with Crippen LogP contribution in [-0.4, -0.2) is 25.6 Å². The minimum absolute atomic E-state index is 0.130. The van der Waals surface area contributed by atoms with Gasteiger partial charge in [-0.3, -0.25) is 4.98 Å². The molecule has 1 aromatic heterocycles. The molecule has 0 bridgehead atoms. The van der Waals surface area contributed by atoms with E-state index in [1.165, 1.54) is 31.9 Å². The summed E-state index contributed by atoms with van der Waals surface area (Å²) in [6, 6.07) is 59.8. The fourth-order valence-corrected chi connectivity index (χ4v) is 16.4. The molecular weight excluding hydrogens is 630 g/mol. The van der Waals surface area contributed by atoms with Crippen LogP contribution >= 0.6 is 7.26 Å². The van der Waals surface area contributed by atoms with Gasteiger partial charge in [-0.15, -0.1) is 0 Å². The van der Waals surface area contributed by atoms with Crippen molar-refractivity contribution in [2.75, 3.05) is 6.16 Å². The second kappa shape index (κ2) is 15.4. The Labute approximate surface area is 295 Å². The summed E-state index contributed by atoms with van der Waals surface area (Å²) in [5.41, 5.74) is 2.37. The summed E-state index contributed by atoms with van der Waals surface area (Å²) in [6.45, 7) is 9.37. The second-order valence-corrected chi connectivity index (χ2v) is 21.6. The summed E-state index contributed by atoms with van der Waals surface area (Å²) in [5.74, 6) is 0. The highest BCUT2D eigenvalue weighted by Gasteiger charge is 2.52. The van der Waals surface area contributed by atoms with E-state index in [2.05, 4.69) is 203 Å². The zero-order valence-electron chi connectivity index (χ0n) is 29.1. The largest absolute Gasteiger partial charge is 0.401 e. The Bertz CT molecular complexity index is 1770. The van der Waals surface area contributed by atoms with Crippen LogP contribution in [0.5, 0.6) is 0 Å². The lowest BCUT2D eigenvalue weighted by molar-refractivity contribution is 0.219. The number of hydrogen-bond donors (Lipinski definition) is 0. The maximum absolute atomic E-state index is 7.98. The first-order valence-electron chi connectivity index (χ1n) is 17.3.